The van der Waals surface area contributed by atoms with Gasteiger partial charge in [-0.05, 0) is 13.0 Å². The fraction of sp³-hybridized carbons (Fsp3) is 0.273. The van der Waals surface area contributed by atoms with Gasteiger partial charge >= 0.3 is 0 Å². The van der Waals surface area contributed by atoms with Crippen LogP contribution >= 0.6 is 0 Å². The number of hydrogen-bond acceptors (Lipinski definition) is 3. The number of aryl methyl sites for hydroxylation is 2. The first kappa shape index (κ1) is 10.5. The number of anilines is 1. The van der Waals surface area contributed by atoms with Gasteiger partial charge in [-0.15, -0.1) is 0 Å². The van der Waals surface area contributed by atoms with Gasteiger partial charge in [-0.3, -0.25) is 9.48 Å². The van der Waals surface area contributed by atoms with E-state index in [1.54, 1.807) is 12.4 Å². The lowest BCUT2D eigenvalue weighted by atomic mass is 10.3. The maximum atomic E-state index is 11.1. The predicted octanol–water partition coefficient (Wildman–Crippen LogP) is 0.521. The second-order valence-electron chi connectivity index (χ2n) is 3.84. The highest BCUT2D eigenvalue weighted by Gasteiger charge is 2.02. The Balaban J connectivity index is 2.30. The van der Waals surface area contributed by atoms with Crippen molar-refractivity contribution in [1.82, 2.24) is 14.3 Å². The molecule has 0 radical (unpaired) electrons. The second-order valence-corrected chi connectivity index (χ2v) is 3.84. The van der Waals surface area contributed by atoms with Crippen LogP contribution in [0.2, 0.25) is 0 Å². The molecule has 2 aromatic heterocycles. The maximum Gasteiger partial charge on any atom is 0.204 e. The van der Waals surface area contributed by atoms with Crippen molar-refractivity contribution in [3.63, 3.8) is 0 Å². The van der Waals surface area contributed by atoms with Crippen molar-refractivity contribution in [2.24, 2.45) is 7.05 Å². The molecule has 0 saturated heterocycles. The lowest BCUT2D eigenvalue weighted by Crippen LogP contribution is -2.12. The average molecular weight is 218 g/mol. The number of nitrogens with zero attached hydrogens (tertiary/aromatic N) is 3. The lowest BCUT2D eigenvalue weighted by Gasteiger charge is -2.06. The minimum Gasteiger partial charge on any atom is -0.394 e. The summed E-state index contributed by atoms with van der Waals surface area (Å²) in [5, 5.41) is 4.26. The molecule has 0 spiro atoms. The SMILES string of the molecule is Cc1cc(Cn2ccc(=O)c(N)c2)n(C)n1. The number of pyridine rings is 1. The van der Waals surface area contributed by atoms with E-state index < -0.39 is 0 Å². The minimum atomic E-state index is -0.141. The molecule has 2 aromatic rings. The van der Waals surface area contributed by atoms with Crippen molar-refractivity contribution in [3.05, 3.63) is 46.1 Å². The van der Waals surface area contributed by atoms with Crippen molar-refractivity contribution in [3.8, 4) is 0 Å². The summed E-state index contributed by atoms with van der Waals surface area (Å²) in [7, 11) is 1.90. The van der Waals surface area contributed by atoms with E-state index in [0.717, 1.165) is 11.4 Å². The molecule has 5 heteroatoms. The Labute approximate surface area is 93.1 Å². The molecule has 0 atom stereocenters. The van der Waals surface area contributed by atoms with Crippen LogP contribution in [0.3, 0.4) is 0 Å². The highest BCUT2D eigenvalue weighted by atomic mass is 16.1. The number of rotatable bonds is 2. The van der Waals surface area contributed by atoms with Crippen molar-refractivity contribution < 1.29 is 0 Å². The molecule has 0 aliphatic carbocycles. The molecule has 16 heavy (non-hydrogen) atoms. The van der Waals surface area contributed by atoms with Crippen LogP contribution in [0.15, 0.2) is 29.3 Å². The first-order valence-electron chi connectivity index (χ1n) is 5.01. The molecule has 0 amide bonds. The summed E-state index contributed by atoms with van der Waals surface area (Å²) >= 11 is 0. The van der Waals surface area contributed by atoms with Crippen LogP contribution in [0.1, 0.15) is 11.4 Å². The van der Waals surface area contributed by atoms with Crippen molar-refractivity contribution in [2.45, 2.75) is 13.5 Å². The van der Waals surface area contributed by atoms with Crippen LogP contribution in [0.25, 0.3) is 0 Å². The first-order valence-corrected chi connectivity index (χ1v) is 5.01. The van der Waals surface area contributed by atoms with E-state index >= 15 is 0 Å². The third-order valence-corrected chi connectivity index (χ3v) is 2.45. The quantitative estimate of drug-likeness (QED) is 0.799. The zero-order valence-electron chi connectivity index (χ0n) is 9.34. The van der Waals surface area contributed by atoms with Crippen LogP contribution in [0.5, 0.6) is 0 Å². The van der Waals surface area contributed by atoms with E-state index in [4.69, 9.17) is 5.73 Å². The van der Waals surface area contributed by atoms with E-state index in [2.05, 4.69) is 5.10 Å². The highest BCUT2D eigenvalue weighted by Crippen LogP contribution is 2.05. The van der Waals surface area contributed by atoms with Crippen LogP contribution in [-0.4, -0.2) is 14.3 Å². The molecule has 0 aliphatic heterocycles. The summed E-state index contributed by atoms with van der Waals surface area (Å²) in [6, 6.07) is 3.48. The smallest absolute Gasteiger partial charge is 0.204 e. The van der Waals surface area contributed by atoms with Gasteiger partial charge in [0, 0.05) is 25.5 Å². The fourth-order valence-corrected chi connectivity index (χ4v) is 1.64. The van der Waals surface area contributed by atoms with Crippen LogP contribution in [0, 0.1) is 6.92 Å². The molecule has 5 nitrogen and oxygen atoms in total. The summed E-state index contributed by atoms with van der Waals surface area (Å²) in [5.74, 6) is 0. The van der Waals surface area contributed by atoms with Crippen LogP contribution in [-0.2, 0) is 13.6 Å². The number of nitrogens with two attached hydrogens (primary N) is 1. The monoisotopic (exact) mass is 218 g/mol. The van der Waals surface area contributed by atoms with E-state index in [0.29, 0.717) is 6.54 Å². The third kappa shape index (κ3) is 1.98. The maximum absolute atomic E-state index is 11.1. The molecule has 0 fully saturated rings. The molecule has 0 bridgehead atoms. The molecule has 2 N–H and O–H groups in total. The van der Waals surface area contributed by atoms with Gasteiger partial charge < -0.3 is 10.3 Å². The van der Waals surface area contributed by atoms with Gasteiger partial charge in [-0.25, -0.2) is 0 Å². The molecule has 84 valence electrons. The van der Waals surface area contributed by atoms with Gasteiger partial charge in [0.2, 0.25) is 5.43 Å². The van der Waals surface area contributed by atoms with E-state index in [1.165, 1.54) is 6.07 Å². The molecule has 0 aromatic carbocycles. The minimum absolute atomic E-state index is 0.141. The molecule has 0 unspecified atom stereocenters. The Morgan fingerprint density at radius 2 is 2.25 bits per heavy atom. The van der Waals surface area contributed by atoms with E-state index in [1.807, 2.05) is 29.3 Å². The summed E-state index contributed by atoms with van der Waals surface area (Å²) in [6.45, 7) is 2.60. The molecule has 0 saturated carbocycles. The first-order chi connectivity index (χ1) is 7.56. The molecule has 2 rings (SSSR count). The Kier molecular flexibility index (Phi) is 2.52. The van der Waals surface area contributed by atoms with Gasteiger partial charge in [-0.2, -0.15) is 5.10 Å². The van der Waals surface area contributed by atoms with Gasteiger partial charge in [-0.1, -0.05) is 0 Å². The molecule has 0 aliphatic rings. The standard InChI is InChI=1S/C11H14N4O/c1-8-5-9(14(2)13-8)6-15-4-3-11(16)10(12)7-15/h3-5,7H,6,12H2,1-2H3. The van der Waals surface area contributed by atoms with E-state index in [9.17, 15) is 4.79 Å². The predicted molar refractivity (Wildman–Crippen MR) is 62.2 cm³/mol. The van der Waals surface area contributed by atoms with Crippen molar-refractivity contribution >= 4 is 5.69 Å². The average Bonchev–Trinajstić information content (AvgIpc) is 2.51. The normalized spacial score (nSPS) is 10.6. The lowest BCUT2D eigenvalue weighted by molar-refractivity contribution is 0.661. The number of hydrogen-bond donors (Lipinski definition) is 1. The summed E-state index contributed by atoms with van der Waals surface area (Å²) in [5.41, 5.74) is 7.73. The van der Waals surface area contributed by atoms with E-state index in [-0.39, 0.29) is 11.1 Å². The molecular weight excluding hydrogens is 204 g/mol. The Bertz CT molecular complexity index is 568. The third-order valence-electron chi connectivity index (χ3n) is 2.45. The zero-order chi connectivity index (χ0) is 11.7. The second kappa shape index (κ2) is 3.84. The molecular formula is C11H14N4O. The highest BCUT2D eigenvalue weighted by molar-refractivity contribution is 5.33. The van der Waals surface area contributed by atoms with Crippen LogP contribution < -0.4 is 11.2 Å². The summed E-state index contributed by atoms with van der Waals surface area (Å²) in [6.07, 6.45) is 3.37. The molecule has 2 heterocycles. The largest absolute Gasteiger partial charge is 0.394 e. The number of nitrogen functional groups attached to an aromatic ring is 1. The van der Waals surface area contributed by atoms with Crippen LogP contribution in [0.4, 0.5) is 5.69 Å². The Morgan fingerprint density at radius 3 is 2.81 bits per heavy atom. The zero-order valence-corrected chi connectivity index (χ0v) is 9.34. The van der Waals surface area contributed by atoms with Gasteiger partial charge in [0.25, 0.3) is 0 Å². The van der Waals surface area contributed by atoms with Crippen molar-refractivity contribution in [2.75, 3.05) is 5.73 Å². The topological polar surface area (TPSA) is 65.8 Å². The summed E-state index contributed by atoms with van der Waals surface area (Å²) < 4.78 is 3.69. The van der Waals surface area contributed by atoms with Gasteiger partial charge in [0.15, 0.2) is 0 Å². The number of aromatic nitrogens is 3. The summed E-state index contributed by atoms with van der Waals surface area (Å²) in [4.78, 5) is 11.1. The van der Waals surface area contributed by atoms with Gasteiger partial charge in [0.05, 0.1) is 23.6 Å². The Hall–Kier alpha value is -2.04. The fourth-order valence-electron chi connectivity index (χ4n) is 1.64. The van der Waals surface area contributed by atoms with Gasteiger partial charge in [0.1, 0.15) is 0 Å². The van der Waals surface area contributed by atoms with Crippen molar-refractivity contribution in [1.29, 1.82) is 0 Å². The Morgan fingerprint density at radius 1 is 1.50 bits per heavy atom.